The van der Waals surface area contributed by atoms with E-state index in [0.717, 1.165) is 37.1 Å². The van der Waals surface area contributed by atoms with Crippen LogP contribution in [0, 0.1) is 5.92 Å². The maximum Gasteiger partial charge on any atom is 0.573 e. The van der Waals surface area contributed by atoms with Crippen molar-refractivity contribution in [1.82, 2.24) is 10.0 Å². The molecule has 1 aliphatic carbocycles. The van der Waals surface area contributed by atoms with Crippen LogP contribution in [0.25, 0.3) is 0 Å². The fraction of sp³-hybridized carbons (Fsp3) is 0.533. The van der Waals surface area contributed by atoms with Gasteiger partial charge in [0.15, 0.2) is 0 Å². The molecule has 0 heterocycles. The number of hydrogen-bond acceptors (Lipinski definition) is 5. The molecule has 0 aliphatic heterocycles. The fourth-order valence-corrected chi connectivity index (χ4v) is 3.45. The molecule has 1 aromatic carbocycles. The van der Waals surface area contributed by atoms with E-state index in [1.165, 1.54) is 0 Å². The van der Waals surface area contributed by atoms with E-state index in [9.17, 15) is 26.4 Å². The Hall–Kier alpha value is -1.85. The molecule has 1 aromatic rings. The van der Waals surface area contributed by atoms with Gasteiger partial charge in [0, 0.05) is 6.54 Å². The second-order valence-electron chi connectivity index (χ2n) is 6.29. The molecule has 1 unspecified atom stereocenters. The molecule has 26 heavy (non-hydrogen) atoms. The van der Waals surface area contributed by atoms with Crippen LogP contribution in [0.1, 0.15) is 19.8 Å². The van der Waals surface area contributed by atoms with Gasteiger partial charge < -0.3 is 15.8 Å². The zero-order valence-electron chi connectivity index (χ0n) is 14.0. The van der Waals surface area contributed by atoms with Gasteiger partial charge in [-0.2, -0.15) is 0 Å². The number of amides is 1. The zero-order valence-corrected chi connectivity index (χ0v) is 14.8. The maximum atomic E-state index is 12.1. The molecule has 0 bridgehead atoms. The summed E-state index contributed by atoms with van der Waals surface area (Å²) in [6, 6.07) is 3.66. The summed E-state index contributed by atoms with van der Waals surface area (Å²) >= 11 is 0. The normalized spacial score (nSPS) is 17.4. The molecule has 4 N–H and O–H groups in total. The van der Waals surface area contributed by atoms with Crippen molar-refractivity contribution in [3.05, 3.63) is 24.3 Å². The summed E-state index contributed by atoms with van der Waals surface area (Å²) in [6.45, 7) is 1.53. The van der Waals surface area contributed by atoms with Gasteiger partial charge in [-0.25, -0.2) is 13.1 Å². The average Bonchev–Trinajstić information content (AvgIpc) is 3.37. The summed E-state index contributed by atoms with van der Waals surface area (Å²) in [4.78, 5) is 11.7. The van der Waals surface area contributed by atoms with Gasteiger partial charge in [0.05, 0.1) is 17.0 Å². The highest BCUT2D eigenvalue weighted by Gasteiger charge is 2.41. The smallest absolute Gasteiger partial charge is 0.406 e. The lowest BCUT2D eigenvalue weighted by Gasteiger charge is -2.29. The summed E-state index contributed by atoms with van der Waals surface area (Å²) in [5.41, 5.74) is 5.10. The largest absolute Gasteiger partial charge is 0.573 e. The lowest BCUT2D eigenvalue weighted by atomic mass is 9.96. The van der Waals surface area contributed by atoms with E-state index in [0.29, 0.717) is 0 Å². The minimum Gasteiger partial charge on any atom is -0.406 e. The minimum absolute atomic E-state index is 0.233. The van der Waals surface area contributed by atoms with Gasteiger partial charge in [-0.15, -0.1) is 13.2 Å². The predicted octanol–water partition coefficient (Wildman–Crippen LogP) is 1.11. The van der Waals surface area contributed by atoms with Crippen LogP contribution < -0.4 is 20.5 Å². The lowest BCUT2D eigenvalue weighted by molar-refractivity contribution is -0.274. The summed E-state index contributed by atoms with van der Waals surface area (Å²) in [5, 5.41) is 2.73. The van der Waals surface area contributed by atoms with Crippen molar-refractivity contribution in [1.29, 1.82) is 0 Å². The fourth-order valence-electron chi connectivity index (χ4n) is 2.47. The van der Waals surface area contributed by atoms with Crippen molar-refractivity contribution in [2.24, 2.45) is 11.7 Å². The summed E-state index contributed by atoms with van der Waals surface area (Å²) < 4.78 is 66.4. The molecule has 0 radical (unpaired) electrons. The Kier molecular flexibility index (Phi) is 5.83. The quantitative estimate of drug-likeness (QED) is 0.611. The second kappa shape index (κ2) is 7.41. The minimum atomic E-state index is -4.87. The Morgan fingerprint density at radius 2 is 1.85 bits per heavy atom. The topological polar surface area (TPSA) is 111 Å². The van der Waals surface area contributed by atoms with Crippen molar-refractivity contribution in [2.75, 3.05) is 13.1 Å². The SMILES string of the molecule is CC(CN)(NC(=O)CNS(=O)(=O)c1ccc(OC(F)(F)F)cc1)C1CC1. The zero-order chi connectivity index (χ0) is 19.6. The molecular weight excluding hydrogens is 375 g/mol. The van der Waals surface area contributed by atoms with Gasteiger partial charge in [-0.05, 0) is 49.9 Å². The van der Waals surface area contributed by atoms with Gasteiger partial charge in [-0.1, -0.05) is 0 Å². The van der Waals surface area contributed by atoms with E-state index < -0.39 is 40.1 Å². The molecule has 0 spiro atoms. The number of rotatable bonds is 8. The number of halogens is 3. The Labute approximate surface area is 149 Å². The number of sulfonamides is 1. The highest BCUT2D eigenvalue weighted by Crippen LogP contribution is 2.38. The molecule has 1 fully saturated rings. The molecular formula is C15H20F3N3O4S. The van der Waals surface area contributed by atoms with Gasteiger partial charge in [0.2, 0.25) is 15.9 Å². The van der Waals surface area contributed by atoms with Crippen molar-refractivity contribution in [3.63, 3.8) is 0 Å². The number of carbonyl (C=O) groups is 1. The third kappa shape index (κ3) is 5.58. The van der Waals surface area contributed by atoms with Gasteiger partial charge in [0.25, 0.3) is 0 Å². The van der Waals surface area contributed by atoms with Crippen LogP contribution >= 0.6 is 0 Å². The van der Waals surface area contributed by atoms with Crippen LogP contribution in [0.5, 0.6) is 5.75 Å². The van der Waals surface area contributed by atoms with Crippen LogP contribution in [0.2, 0.25) is 0 Å². The first-order chi connectivity index (χ1) is 12.0. The van der Waals surface area contributed by atoms with Gasteiger partial charge in [-0.3, -0.25) is 4.79 Å². The third-order valence-electron chi connectivity index (χ3n) is 4.12. The van der Waals surface area contributed by atoms with Crippen molar-refractivity contribution in [3.8, 4) is 5.75 Å². The van der Waals surface area contributed by atoms with E-state index >= 15 is 0 Å². The molecule has 7 nitrogen and oxygen atoms in total. The van der Waals surface area contributed by atoms with E-state index in [-0.39, 0.29) is 17.4 Å². The second-order valence-corrected chi connectivity index (χ2v) is 8.05. The molecule has 146 valence electrons. The van der Waals surface area contributed by atoms with Crippen LogP contribution in [0.3, 0.4) is 0 Å². The molecule has 11 heteroatoms. The molecule has 1 saturated carbocycles. The van der Waals surface area contributed by atoms with Crippen molar-refractivity contribution < 1.29 is 31.1 Å². The molecule has 1 amide bonds. The summed E-state index contributed by atoms with van der Waals surface area (Å²) in [7, 11) is -4.06. The molecule has 0 aromatic heterocycles. The molecule has 1 atom stereocenters. The van der Waals surface area contributed by atoms with E-state index in [2.05, 4.69) is 14.8 Å². The lowest BCUT2D eigenvalue weighted by Crippen LogP contribution is -2.55. The standard InChI is InChI=1S/C15H20F3N3O4S/c1-14(9-19,10-2-3-10)21-13(22)8-20-26(23,24)12-6-4-11(5-7-12)25-15(16,17)18/h4-7,10,20H,2-3,8-9,19H2,1H3,(H,21,22). The average molecular weight is 395 g/mol. The number of nitrogens with two attached hydrogens (primary N) is 1. The van der Waals surface area contributed by atoms with Crippen LogP contribution in [0.15, 0.2) is 29.2 Å². The maximum absolute atomic E-state index is 12.1. The number of nitrogens with one attached hydrogen (secondary N) is 2. The number of hydrogen-bond donors (Lipinski definition) is 3. The van der Waals surface area contributed by atoms with E-state index in [1.807, 2.05) is 0 Å². The first-order valence-electron chi connectivity index (χ1n) is 7.82. The summed E-state index contributed by atoms with van der Waals surface area (Å²) in [6.07, 6.45) is -2.97. The molecule has 1 aliphatic rings. The summed E-state index contributed by atoms with van der Waals surface area (Å²) in [5.74, 6) is -0.808. The number of ether oxygens (including phenoxy) is 1. The Morgan fingerprint density at radius 1 is 1.27 bits per heavy atom. The molecule has 2 rings (SSSR count). The number of benzene rings is 1. The first-order valence-corrected chi connectivity index (χ1v) is 9.30. The first kappa shape index (κ1) is 20.5. The Bertz CT molecular complexity index is 748. The van der Waals surface area contributed by atoms with Crippen LogP contribution in [-0.4, -0.2) is 39.3 Å². The monoisotopic (exact) mass is 395 g/mol. The van der Waals surface area contributed by atoms with E-state index in [1.54, 1.807) is 6.92 Å². The molecule has 0 saturated heterocycles. The Morgan fingerprint density at radius 3 is 2.31 bits per heavy atom. The highest BCUT2D eigenvalue weighted by molar-refractivity contribution is 7.89. The van der Waals surface area contributed by atoms with Crippen LogP contribution in [-0.2, 0) is 14.8 Å². The van der Waals surface area contributed by atoms with Gasteiger partial charge >= 0.3 is 6.36 Å². The Balaban J connectivity index is 1.94. The van der Waals surface area contributed by atoms with Crippen LogP contribution in [0.4, 0.5) is 13.2 Å². The van der Waals surface area contributed by atoms with Gasteiger partial charge in [0.1, 0.15) is 5.75 Å². The van der Waals surface area contributed by atoms with Crippen molar-refractivity contribution in [2.45, 2.75) is 36.6 Å². The third-order valence-corrected chi connectivity index (χ3v) is 5.53. The number of alkyl halides is 3. The highest BCUT2D eigenvalue weighted by atomic mass is 32.2. The number of carbonyl (C=O) groups excluding carboxylic acids is 1. The van der Waals surface area contributed by atoms with Crippen molar-refractivity contribution >= 4 is 15.9 Å². The predicted molar refractivity (Wildman–Crippen MR) is 86.6 cm³/mol. The van der Waals surface area contributed by atoms with E-state index in [4.69, 9.17) is 5.73 Å².